The zero-order chi connectivity index (χ0) is 12.9. The fourth-order valence-corrected chi connectivity index (χ4v) is 2.54. The van der Waals surface area contributed by atoms with E-state index in [2.05, 4.69) is 26.1 Å². The predicted octanol–water partition coefficient (Wildman–Crippen LogP) is 3.15. The van der Waals surface area contributed by atoms with E-state index >= 15 is 0 Å². The van der Waals surface area contributed by atoms with Gasteiger partial charge in [-0.2, -0.15) is 13.2 Å². The van der Waals surface area contributed by atoms with Crippen LogP contribution in [0.4, 0.5) is 13.2 Å². The highest BCUT2D eigenvalue weighted by Crippen LogP contribution is 2.34. The van der Waals surface area contributed by atoms with E-state index in [0.29, 0.717) is 24.4 Å². The second kappa shape index (κ2) is 3.81. The number of fused-ring (bicyclic) bond motifs is 3. The Hall–Kier alpha value is -1.37. The highest BCUT2D eigenvalue weighted by atomic mass is 79.9. The maximum Gasteiger partial charge on any atom is 0.452 e. The highest BCUT2D eigenvalue weighted by Gasteiger charge is 2.40. The molecule has 2 aromatic rings. The lowest BCUT2D eigenvalue weighted by Crippen LogP contribution is -2.19. The van der Waals surface area contributed by atoms with Crippen molar-refractivity contribution in [3.05, 3.63) is 39.9 Å². The largest absolute Gasteiger partial charge is 0.452 e. The van der Waals surface area contributed by atoms with E-state index in [9.17, 15) is 13.2 Å². The minimum atomic E-state index is -4.49. The third kappa shape index (κ3) is 1.73. The maximum atomic E-state index is 12.8. The van der Waals surface area contributed by atoms with Gasteiger partial charge >= 0.3 is 6.18 Å². The molecule has 94 valence electrons. The van der Waals surface area contributed by atoms with Crippen LogP contribution >= 0.6 is 15.9 Å². The van der Waals surface area contributed by atoms with Crippen molar-refractivity contribution in [2.24, 2.45) is 0 Å². The average Bonchev–Trinajstić information content (AvgIpc) is 2.71. The summed E-state index contributed by atoms with van der Waals surface area (Å²) in [5.74, 6) is -0.599. The van der Waals surface area contributed by atoms with Gasteiger partial charge in [-0.05, 0) is 30.2 Å². The van der Waals surface area contributed by atoms with Crippen LogP contribution in [0, 0.1) is 0 Å². The molecule has 0 spiro atoms. The summed E-state index contributed by atoms with van der Waals surface area (Å²) in [6.07, 6.45) is -3.36. The first-order valence-electron chi connectivity index (χ1n) is 5.27. The first-order valence-corrected chi connectivity index (χ1v) is 6.06. The van der Waals surface area contributed by atoms with E-state index in [1.807, 2.05) is 6.07 Å². The molecule has 0 unspecified atom stereocenters. The van der Waals surface area contributed by atoms with Gasteiger partial charge in [-0.15, -0.1) is 10.2 Å². The Labute approximate surface area is 109 Å². The minimum absolute atomic E-state index is 0.358. The molecule has 3 nitrogen and oxygen atoms in total. The summed E-state index contributed by atoms with van der Waals surface area (Å²) < 4.78 is 40.5. The molecule has 0 fully saturated rings. The van der Waals surface area contributed by atoms with Gasteiger partial charge in [0.05, 0.1) is 5.69 Å². The van der Waals surface area contributed by atoms with E-state index in [-0.39, 0.29) is 0 Å². The number of benzene rings is 1. The summed E-state index contributed by atoms with van der Waals surface area (Å²) in [4.78, 5) is 0. The van der Waals surface area contributed by atoms with E-state index in [1.54, 1.807) is 12.1 Å². The zero-order valence-corrected chi connectivity index (χ0v) is 10.6. The molecule has 3 rings (SSSR count). The molecule has 1 aliphatic heterocycles. The summed E-state index contributed by atoms with van der Waals surface area (Å²) in [6, 6.07) is 5.20. The van der Waals surface area contributed by atoms with Crippen molar-refractivity contribution >= 4 is 15.9 Å². The molecule has 0 atom stereocenters. The van der Waals surface area contributed by atoms with Gasteiger partial charge in [-0.1, -0.05) is 15.9 Å². The average molecular weight is 318 g/mol. The Morgan fingerprint density at radius 3 is 2.67 bits per heavy atom. The Balaban J connectivity index is 2.25. The highest BCUT2D eigenvalue weighted by molar-refractivity contribution is 9.10. The quantitative estimate of drug-likeness (QED) is 0.747. The summed E-state index contributed by atoms with van der Waals surface area (Å²) >= 11 is 3.32. The SMILES string of the molecule is FC(F)(F)c1nnc2n1-c1ccc(Br)cc1CC2. The van der Waals surface area contributed by atoms with Crippen molar-refractivity contribution in [1.82, 2.24) is 14.8 Å². The first kappa shape index (κ1) is 11.7. The molecule has 0 amide bonds. The Kier molecular flexibility index (Phi) is 2.48. The van der Waals surface area contributed by atoms with Crippen LogP contribution in [0.5, 0.6) is 0 Å². The van der Waals surface area contributed by atoms with Gasteiger partial charge in [0.25, 0.3) is 0 Å². The van der Waals surface area contributed by atoms with Crippen LogP contribution in [0.2, 0.25) is 0 Å². The summed E-state index contributed by atoms with van der Waals surface area (Å²) in [7, 11) is 0. The summed E-state index contributed by atoms with van der Waals surface area (Å²) in [5, 5.41) is 6.89. The number of hydrogen-bond acceptors (Lipinski definition) is 2. The molecule has 0 saturated heterocycles. The first-order chi connectivity index (χ1) is 8.47. The van der Waals surface area contributed by atoms with Gasteiger partial charge < -0.3 is 0 Å². The predicted molar refractivity (Wildman–Crippen MR) is 61.5 cm³/mol. The van der Waals surface area contributed by atoms with E-state index < -0.39 is 12.0 Å². The van der Waals surface area contributed by atoms with Crippen molar-refractivity contribution in [1.29, 1.82) is 0 Å². The number of aryl methyl sites for hydroxylation is 2. The molecule has 2 heterocycles. The minimum Gasteiger partial charge on any atom is -0.275 e. The Morgan fingerprint density at radius 1 is 1.17 bits per heavy atom. The third-order valence-electron chi connectivity index (χ3n) is 2.88. The molecular formula is C11H7BrF3N3. The lowest BCUT2D eigenvalue weighted by Gasteiger charge is -2.20. The molecule has 1 aromatic heterocycles. The van der Waals surface area contributed by atoms with Crippen LogP contribution in [0.1, 0.15) is 17.2 Å². The standard InChI is InChI=1S/C11H7BrF3N3/c12-7-2-3-8-6(5-7)1-4-9-16-17-10(18(8)9)11(13,14)15/h2-3,5H,1,4H2. The molecule has 1 aliphatic rings. The van der Waals surface area contributed by atoms with Crippen molar-refractivity contribution in [2.75, 3.05) is 0 Å². The monoisotopic (exact) mass is 317 g/mol. The van der Waals surface area contributed by atoms with E-state index in [0.717, 1.165) is 14.6 Å². The molecule has 7 heteroatoms. The number of rotatable bonds is 0. The molecule has 18 heavy (non-hydrogen) atoms. The van der Waals surface area contributed by atoms with Crippen LogP contribution in [0.25, 0.3) is 5.69 Å². The van der Waals surface area contributed by atoms with Gasteiger partial charge in [0.15, 0.2) is 0 Å². The lowest BCUT2D eigenvalue weighted by atomic mass is 10.0. The van der Waals surface area contributed by atoms with Gasteiger partial charge in [0.1, 0.15) is 5.82 Å². The van der Waals surface area contributed by atoms with Gasteiger partial charge in [-0.3, -0.25) is 4.57 Å². The molecule has 1 aromatic carbocycles. The van der Waals surface area contributed by atoms with Crippen molar-refractivity contribution in [2.45, 2.75) is 19.0 Å². The number of aromatic nitrogens is 3. The zero-order valence-electron chi connectivity index (χ0n) is 9.00. The molecule has 0 bridgehead atoms. The molecule has 0 aliphatic carbocycles. The second-order valence-electron chi connectivity index (χ2n) is 4.05. The van der Waals surface area contributed by atoms with E-state index in [4.69, 9.17) is 0 Å². The van der Waals surface area contributed by atoms with Crippen molar-refractivity contribution in [3.8, 4) is 5.69 Å². The molecule has 0 radical (unpaired) electrons. The fraction of sp³-hybridized carbons (Fsp3) is 0.273. The summed E-state index contributed by atoms with van der Waals surface area (Å²) in [6.45, 7) is 0. The normalized spacial score (nSPS) is 14.2. The number of alkyl halides is 3. The molecule has 0 saturated carbocycles. The van der Waals surface area contributed by atoms with Crippen LogP contribution in [0.3, 0.4) is 0 Å². The molecule has 0 N–H and O–H groups in total. The van der Waals surface area contributed by atoms with Crippen LogP contribution in [-0.4, -0.2) is 14.8 Å². The second-order valence-corrected chi connectivity index (χ2v) is 4.96. The van der Waals surface area contributed by atoms with Crippen LogP contribution in [0.15, 0.2) is 22.7 Å². The fourth-order valence-electron chi connectivity index (χ4n) is 2.13. The smallest absolute Gasteiger partial charge is 0.275 e. The Morgan fingerprint density at radius 2 is 1.94 bits per heavy atom. The van der Waals surface area contributed by atoms with Crippen LogP contribution in [-0.2, 0) is 19.0 Å². The van der Waals surface area contributed by atoms with Crippen molar-refractivity contribution in [3.63, 3.8) is 0 Å². The topological polar surface area (TPSA) is 30.7 Å². The lowest BCUT2D eigenvalue weighted by molar-refractivity contribution is -0.146. The number of hydrogen-bond donors (Lipinski definition) is 0. The molecular weight excluding hydrogens is 311 g/mol. The third-order valence-corrected chi connectivity index (χ3v) is 3.38. The number of halogens is 4. The van der Waals surface area contributed by atoms with Gasteiger partial charge in [0.2, 0.25) is 5.82 Å². The van der Waals surface area contributed by atoms with Gasteiger partial charge in [0, 0.05) is 10.9 Å². The maximum absolute atomic E-state index is 12.8. The van der Waals surface area contributed by atoms with Gasteiger partial charge in [-0.25, -0.2) is 0 Å². The summed E-state index contributed by atoms with van der Waals surface area (Å²) in [5.41, 5.74) is 1.37. The van der Waals surface area contributed by atoms with Crippen LogP contribution < -0.4 is 0 Å². The number of nitrogens with zero attached hydrogens (tertiary/aromatic N) is 3. The van der Waals surface area contributed by atoms with E-state index in [1.165, 1.54) is 0 Å². The Bertz CT molecular complexity index is 618. The van der Waals surface area contributed by atoms with Crippen molar-refractivity contribution < 1.29 is 13.2 Å².